The predicted octanol–water partition coefficient (Wildman–Crippen LogP) is 4.42. The molecule has 1 saturated heterocycles. The van der Waals surface area contributed by atoms with E-state index in [0.29, 0.717) is 24.6 Å². The monoisotopic (exact) mass is 345 g/mol. The van der Waals surface area contributed by atoms with Crippen molar-refractivity contribution in [2.45, 2.75) is 6.54 Å². The lowest BCUT2D eigenvalue weighted by Gasteiger charge is -2.29. The first-order valence-electron chi connectivity index (χ1n) is 8.57. The molecule has 0 aliphatic carbocycles. The van der Waals surface area contributed by atoms with Crippen LogP contribution in [-0.4, -0.2) is 23.8 Å². The summed E-state index contributed by atoms with van der Waals surface area (Å²) in [6.07, 6.45) is 6.88. The van der Waals surface area contributed by atoms with Crippen LogP contribution in [0.4, 0.5) is 0 Å². The van der Waals surface area contributed by atoms with Crippen LogP contribution < -0.4 is 0 Å². The van der Waals surface area contributed by atoms with Crippen LogP contribution in [0.5, 0.6) is 0 Å². The summed E-state index contributed by atoms with van der Waals surface area (Å²) in [5.41, 5.74) is 2.66. The van der Waals surface area contributed by atoms with Gasteiger partial charge in [0.2, 0.25) is 0 Å². The summed E-state index contributed by atoms with van der Waals surface area (Å²) >= 11 is 0. The highest BCUT2D eigenvalue weighted by Gasteiger charge is 2.26. The molecule has 4 heteroatoms. The van der Waals surface area contributed by atoms with Gasteiger partial charge in [-0.15, -0.1) is 0 Å². The zero-order chi connectivity index (χ0) is 17.8. The van der Waals surface area contributed by atoms with Crippen LogP contribution >= 0.6 is 0 Å². The van der Waals surface area contributed by atoms with Gasteiger partial charge in [0.1, 0.15) is 11.5 Å². The standard InChI is InChI=1S/C22H19NO3/c24-22-18(12-20-8-4-10-25-20)15-23(14-17-6-2-1-3-7-17)16-19(22)13-21-9-5-11-26-21/h1-13H,14-16H2/b18-12+,19-13?. The number of rotatable bonds is 4. The number of nitrogens with zero attached hydrogens (tertiary/aromatic N) is 1. The summed E-state index contributed by atoms with van der Waals surface area (Å²) in [4.78, 5) is 15.2. The number of piperidine rings is 1. The molecule has 130 valence electrons. The minimum Gasteiger partial charge on any atom is -0.465 e. The van der Waals surface area contributed by atoms with Crippen LogP contribution in [0, 0.1) is 0 Å². The minimum atomic E-state index is 0.0436. The molecule has 1 fully saturated rings. The van der Waals surface area contributed by atoms with Crippen molar-refractivity contribution >= 4 is 17.9 Å². The third-order valence-corrected chi connectivity index (χ3v) is 4.34. The molecule has 1 aromatic carbocycles. The number of carbonyl (C=O) groups excluding carboxylic acids is 1. The number of hydrogen-bond donors (Lipinski definition) is 0. The molecule has 4 rings (SSSR count). The first kappa shape index (κ1) is 16.4. The van der Waals surface area contributed by atoms with Gasteiger partial charge in [0.05, 0.1) is 12.5 Å². The molecule has 3 heterocycles. The number of likely N-dealkylation sites (tertiary alicyclic amines) is 1. The smallest absolute Gasteiger partial charge is 0.187 e. The fourth-order valence-electron chi connectivity index (χ4n) is 3.15. The molecule has 3 aromatic rings. The Morgan fingerprint density at radius 2 is 1.38 bits per heavy atom. The Hall–Kier alpha value is -3.11. The average molecular weight is 345 g/mol. The van der Waals surface area contributed by atoms with E-state index >= 15 is 0 Å². The van der Waals surface area contributed by atoms with Crippen molar-refractivity contribution in [2.24, 2.45) is 0 Å². The average Bonchev–Trinajstić information content (AvgIpc) is 3.34. The predicted molar refractivity (Wildman–Crippen MR) is 100 cm³/mol. The normalized spacial score (nSPS) is 18.7. The molecule has 26 heavy (non-hydrogen) atoms. The van der Waals surface area contributed by atoms with Crippen molar-refractivity contribution in [3.8, 4) is 0 Å². The highest BCUT2D eigenvalue weighted by atomic mass is 16.3. The summed E-state index contributed by atoms with van der Waals surface area (Å²) in [7, 11) is 0. The van der Waals surface area contributed by atoms with Gasteiger partial charge in [-0.25, -0.2) is 0 Å². The molecular weight excluding hydrogens is 326 g/mol. The van der Waals surface area contributed by atoms with Crippen LogP contribution in [0.15, 0.2) is 87.1 Å². The SMILES string of the molecule is O=C1C(=Cc2ccco2)CN(Cc2ccccc2)C/C1=C\c1ccco1. The largest absolute Gasteiger partial charge is 0.465 e. The molecule has 0 saturated carbocycles. The van der Waals surface area contributed by atoms with Crippen molar-refractivity contribution in [1.29, 1.82) is 0 Å². The van der Waals surface area contributed by atoms with E-state index in [4.69, 9.17) is 8.83 Å². The third-order valence-electron chi connectivity index (χ3n) is 4.34. The van der Waals surface area contributed by atoms with Crippen molar-refractivity contribution in [2.75, 3.05) is 13.1 Å². The minimum absolute atomic E-state index is 0.0436. The molecule has 0 unspecified atom stereocenters. The first-order valence-corrected chi connectivity index (χ1v) is 8.57. The van der Waals surface area contributed by atoms with E-state index in [2.05, 4.69) is 17.0 Å². The lowest BCUT2D eigenvalue weighted by atomic mass is 9.95. The van der Waals surface area contributed by atoms with E-state index in [1.165, 1.54) is 5.56 Å². The molecule has 0 spiro atoms. The first-order chi connectivity index (χ1) is 12.8. The number of hydrogen-bond acceptors (Lipinski definition) is 4. The summed E-state index contributed by atoms with van der Waals surface area (Å²) in [5.74, 6) is 1.42. The Balaban J connectivity index is 1.64. The summed E-state index contributed by atoms with van der Waals surface area (Å²) in [5, 5.41) is 0. The number of ketones is 1. The number of Topliss-reactive ketones (excluding diaryl/α,β-unsaturated/α-hetero) is 1. The van der Waals surface area contributed by atoms with E-state index in [1.54, 1.807) is 12.5 Å². The highest BCUT2D eigenvalue weighted by molar-refractivity contribution is 6.14. The number of carbonyl (C=O) groups is 1. The Morgan fingerprint density at radius 3 is 1.88 bits per heavy atom. The van der Waals surface area contributed by atoms with Gasteiger partial charge in [0, 0.05) is 30.8 Å². The molecular formula is C22H19NO3. The second-order valence-corrected chi connectivity index (χ2v) is 6.33. The van der Waals surface area contributed by atoms with E-state index in [0.717, 1.165) is 17.7 Å². The van der Waals surface area contributed by atoms with Crippen molar-refractivity contribution in [1.82, 2.24) is 4.90 Å². The second-order valence-electron chi connectivity index (χ2n) is 6.33. The lowest BCUT2D eigenvalue weighted by molar-refractivity contribution is -0.113. The highest BCUT2D eigenvalue weighted by Crippen LogP contribution is 2.23. The van der Waals surface area contributed by atoms with E-state index in [-0.39, 0.29) is 5.78 Å². The molecule has 2 aromatic heterocycles. The zero-order valence-electron chi connectivity index (χ0n) is 14.3. The molecule has 0 bridgehead atoms. The molecule has 1 aliphatic heterocycles. The van der Waals surface area contributed by atoms with Gasteiger partial charge in [0.15, 0.2) is 5.78 Å². The van der Waals surface area contributed by atoms with Crippen molar-refractivity contribution in [3.05, 3.63) is 95.4 Å². The van der Waals surface area contributed by atoms with Gasteiger partial charge in [-0.2, -0.15) is 0 Å². The van der Waals surface area contributed by atoms with Crippen LogP contribution in [0.1, 0.15) is 17.1 Å². The molecule has 1 aliphatic rings. The van der Waals surface area contributed by atoms with E-state index < -0.39 is 0 Å². The number of furan rings is 2. The topological polar surface area (TPSA) is 46.6 Å². The zero-order valence-corrected chi connectivity index (χ0v) is 14.3. The summed E-state index contributed by atoms with van der Waals surface area (Å²) in [6, 6.07) is 17.6. The van der Waals surface area contributed by atoms with Gasteiger partial charge in [0.25, 0.3) is 0 Å². The Labute approximate surface area is 152 Å². The molecule has 0 atom stereocenters. The van der Waals surface area contributed by atoms with Crippen molar-refractivity contribution < 1.29 is 13.6 Å². The Morgan fingerprint density at radius 1 is 0.808 bits per heavy atom. The van der Waals surface area contributed by atoms with Crippen LogP contribution in [0.25, 0.3) is 12.2 Å². The lowest BCUT2D eigenvalue weighted by Crippen LogP contribution is -2.37. The Kier molecular flexibility index (Phi) is 4.67. The number of benzene rings is 1. The van der Waals surface area contributed by atoms with E-state index in [1.807, 2.05) is 54.6 Å². The van der Waals surface area contributed by atoms with E-state index in [9.17, 15) is 4.79 Å². The summed E-state index contributed by atoms with van der Waals surface area (Å²) in [6.45, 7) is 1.95. The van der Waals surface area contributed by atoms with Crippen molar-refractivity contribution in [3.63, 3.8) is 0 Å². The van der Waals surface area contributed by atoms with Gasteiger partial charge in [-0.1, -0.05) is 30.3 Å². The van der Waals surface area contributed by atoms with Crippen LogP contribution in [0.2, 0.25) is 0 Å². The maximum Gasteiger partial charge on any atom is 0.187 e. The van der Waals surface area contributed by atoms with Gasteiger partial charge in [-0.3, -0.25) is 9.69 Å². The fourth-order valence-corrected chi connectivity index (χ4v) is 3.15. The molecule has 0 radical (unpaired) electrons. The summed E-state index contributed by atoms with van der Waals surface area (Å²) < 4.78 is 10.8. The van der Waals surface area contributed by atoms with Crippen LogP contribution in [0.3, 0.4) is 0 Å². The fraction of sp³-hybridized carbons (Fsp3) is 0.136. The maximum atomic E-state index is 12.9. The van der Waals surface area contributed by atoms with Gasteiger partial charge >= 0.3 is 0 Å². The van der Waals surface area contributed by atoms with Gasteiger partial charge in [-0.05, 0) is 42.0 Å². The third kappa shape index (κ3) is 3.76. The quantitative estimate of drug-likeness (QED) is 0.657. The Bertz CT molecular complexity index is 863. The second kappa shape index (κ2) is 7.42. The molecule has 0 N–H and O–H groups in total. The maximum absolute atomic E-state index is 12.9. The van der Waals surface area contributed by atoms with Crippen LogP contribution in [-0.2, 0) is 11.3 Å². The van der Waals surface area contributed by atoms with Gasteiger partial charge < -0.3 is 8.83 Å². The molecule has 0 amide bonds. The molecule has 4 nitrogen and oxygen atoms in total.